The molecule has 2 aromatic carbocycles. The lowest BCUT2D eigenvalue weighted by Crippen LogP contribution is -2.52. The number of hydrogen-bond donors (Lipinski definition) is 0. The van der Waals surface area contributed by atoms with E-state index in [4.69, 9.17) is 9.47 Å². The van der Waals surface area contributed by atoms with Gasteiger partial charge in [0.15, 0.2) is 6.61 Å². The van der Waals surface area contributed by atoms with E-state index in [9.17, 15) is 9.59 Å². The number of hydrogen-bond acceptors (Lipinski definition) is 4. The van der Waals surface area contributed by atoms with Gasteiger partial charge in [-0.25, -0.2) is 0 Å². The fraction of sp³-hybridized carbons (Fsp3) is 0.360. The molecule has 0 saturated carbocycles. The molecule has 0 N–H and O–H groups in total. The third kappa shape index (κ3) is 4.58. The Morgan fingerprint density at radius 2 is 2.06 bits per heavy atom. The van der Waals surface area contributed by atoms with Crippen molar-refractivity contribution in [3.8, 4) is 11.5 Å². The summed E-state index contributed by atoms with van der Waals surface area (Å²) in [5.41, 5.74) is 2.11. The van der Waals surface area contributed by atoms with Crippen LogP contribution in [0.5, 0.6) is 11.5 Å². The number of aryl methyl sites for hydroxylation is 1. The van der Waals surface area contributed by atoms with Crippen LogP contribution in [0.1, 0.15) is 23.6 Å². The van der Waals surface area contributed by atoms with Gasteiger partial charge in [-0.05, 0) is 25.1 Å². The number of ether oxygens (including phenoxy) is 2. The van der Waals surface area contributed by atoms with E-state index in [0.717, 1.165) is 16.9 Å². The van der Waals surface area contributed by atoms with Gasteiger partial charge in [0.1, 0.15) is 11.5 Å². The summed E-state index contributed by atoms with van der Waals surface area (Å²) >= 11 is 0. The zero-order valence-corrected chi connectivity index (χ0v) is 17.8. The molecule has 162 valence electrons. The minimum Gasteiger partial charge on any atom is -0.493 e. The summed E-state index contributed by atoms with van der Waals surface area (Å²) < 4.78 is 11.8. The van der Waals surface area contributed by atoms with Crippen molar-refractivity contribution in [2.24, 2.45) is 5.92 Å². The molecule has 0 aromatic heterocycles. The maximum absolute atomic E-state index is 13.3. The summed E-state index contributed by atoms with van der Waals surface area (Å²) in [6, 6.07) is 15.2. The van der Waals surface area contributed by atoms with Gasteiger partial charge in [-0.3, -0.25) is 9.59 Å². The van der Waals surface area contributed by atoms with E-state index < -0.39 is 0 Å². The predicted octanol–water partition coefficient (Wildman–Crippen LogP) is 3.37. The molecule has 4 rings (SSSR count). The van der Waals surface area contributed by atoms with Crippen LogP contribution in [0.15, 0.2) is 61.2 Å². The molecule has 0 spiro atoms. The average Bonchev–Trinajstić information content (AvgIpc) is 2.77. The molecule has 2 atom stereocenters. The molecule has 2 aromatic rings. The van der Waals surface area contributed by atoms with E-state index >= 15 is 0 Å². The highest BCUT2D eigenvalue weighted by molar-refractivity contribution is 5.81. The lowest BCUT2D eigenvalue weighted by molar-refractivity contribution is -0.143. The maximum Gasteiger partial charge on any atom is 0.261 e. The van der Waals surface area contributed by atoms with E-state index in [1.807, 2.05) is 59.2 Å². The van der Waals surface area contributed by atoms with Gasteiger partial charge in [0.2, 0.25) is 5.91 Å². The summed E-state index contributed by atoms with van der Waals surface area (Å²) in [5, 5.41) is 0. The van der Waals surface area contributed by atoms with E-state index in [1.54, 1.807) is 6.08 Å². The zero-order valence-electron chi connectivity index (χ0n) is 17.8. The van der Waals surface area contributed by atoms with Crippen LogP contribution in [0.3, 0.4) is 0 Å². The van der Waals surface area contributed by atoms with Crippen LogP contribution in [0.4, 0.5) is 0 Å². The van der Waals surface area contributed by atoms with Gasteiger partial charge < -0.3 is 19.3 Å². The first-order valence-corrected chi connectivity index (χ1v) is 10.7. The number of rotatable bonds is 5. The van der Waals surface area contributed by atoms with Crippen molar-refractivity contribution in [1.82, 2.24) is 9.80 Å². The first-order chi connectivity index (χ1) is 15.1. The van der Waals surface area contributed by atoms with Crippen molar-refractivity contribution in [3.05, 3.63) is 72.3 Å². The second-order valence-corrected chi connectivity index (χ2v) is 8.08. The highest BCUT2D eigenvalue weighted by Gasteiger charge is 2.40. The molecule has 0 unspecified atom stereocenters. The Hall–Kier alpha value is -3.28. The van der Waals surface area contributed by atoms with Crippen LogP contribution in [0.2, 0.25) is 0 Å². The summed E-state index contributed by atoms with van der Waals surface area (Å²) in [7, 11) is 0. The van der Waals surface area contributed by atoms with Gasteiger partial charge in [0.25, 0.3) is 5.91 Å². The molecule has 1 saturated heterocycles. The van der Waals surface area contributed by atoms with Crippen molar-refractivity contribution in [1.29, 1.82) is 0 Å². The maximum atomic E-state index is 13.3. The van der Waals surface area contributed by atoms with Gasteiger partial charge in [-0.2, -0.15) is 0 Å². The zero-order chi connectivity index (χ0) is 21.8. The molecule has 6 heteroatoms. The summed E-state index contributed by atoms with van der Waals surface area (Å²) in [4.78, 5) is 29.7. The first-order valence-electron chi connectivity index (χ1n) is 10.7. The molecular formula is C25H28N2O4. The van der Waals surface area contributed by atoms with E-state index in [-0.39, 0.29) is 36.8 Å². The predicted molar refractivity (Wildman–Crippen MR) is 118 cm³/mol. The third-order valence-electron chi connectivity index (χ3n) is 5.87. The van der Waals surface area contributed by atoms with E-state index in [1.165, 1.54) is 0 Å². The number of carbonyl (C=O) groups excluding carboxylic acids is 2. The van der Waals surface area contributed by atoms with Crippen molar-refractivity contribution in [2.75, 3.05) is 32.8 Å². The second kappa shape index (κ2) is 9.25. The van der Waals surface area contributed by atoms with Crippen molar-refractivity contribution >= 4 is 11.8 Å². The Kier molecular flexibility index (Phi) is 6.26. The Balaban J connectivity index is 1.64. The molecular weight excluding hydrogens is 392 g/mol. The SMILES string of the molecule is C=CCN1C[C@H]2COc3ccc(C)cc3[C@H]2N(C(=O)COc2ccccc2)CCC1=O. The van der Waals surface area contributed by atoms with Crippen LogP contribution >= 0.6 is 0 Å². The molecule has 31 heavy (non-hydrogen) atoms. The van der Waals surface area contributed by atoms with Crippen LogP contribution < -0.4 is 9.47 Å². The Bertz CT molecular complexity index is 959. The smallest absolute Gasteiger partial charge is 0.261 e. The Morgan fingerprint density at radius 3 is 2.84 bits per heavy atom. The quantitative estimate of drug-likeness (QED) is 0.696. The Morgan fingerprint density at radius 1 is 1.26 bits per heavy atom. The van der Waals surface area contributed by atoms with Gasteiger partial charge >= 0.3 is 0 Å². The molecule has 2 amide bonds. The monoisotopic (exact) mass is 420 g/mol. The number of para-hydroxylation sites is 1. The number of amides is 2. The lowest BCUT2D eigenvalue weighted by atomic mass is 9.86. The number of fused-ring (bicyclic) bond motifs is 3. The minimum atomic E-state index is -0.170. The summed E-state index contributed by atoms with van der Waals surface area (Å²) in [5.74, 6) is 1.32. The largest absolute Gasteiger partial charge is 0.493 e. The van der Waals surface area contributed by atoms with Crippen LogP contribution in [0, 0.1) is 12.8 Å². The second-order valence-electron chi connectivity index (χ2n) is 8.08. The fourth-order valence-electron chi connectivity index (χ4n) is 4.40. The molecule has 2 aliphatic heterocycles. The fourth-order valence-corrected chi connectivity index (χ4v) is 4.40. The molecule has 0 radical (unpaired) electrons. The summed E-state index contributed by atoms with van der Waals surface area (Å²) in [6.45, 7) is 7.56. The standard InChI is InChI=1S/C25H28N2O4/c1-3-12-26-15-19-16-31-22-10-9-18(2)14-21(22)25(19)27(13-11-23(26)28)24(29)17-30-20-7-5-4-6-8-20/h3-10,14,19,25H,1,11-13,15-17H2,2H3/t19-,25-/m0/s1. The normalized spacial score (nSPS) is 20.6. The van der Waals surface area contributed by atoms with Gasteiger partial charge in [0, 0.05) is 37.5 Å². The van der Waals surface area contributed by atoms with Crippen LogP contribution in [-0.4, -0.2) is 54.5 Å². The number of nitrogens with zero attached hydrogens (tertiary/aromatic N) is 2. The minimum absolute atomic E-state index is 0.0233. The van der Waals surface area contributed by atoms with Crippen molar-refractivity contribution in [3.63, 3.8) is 0 Å². The molecule has 0 aliphatic carbocycles. The van der Waals surface area contributed by atoms with Crippen molar-refractivity contribution < 1.29 is 19.1 Å². The highest BCUT2D eigenvalue weighted by atomic mass is 16.5. The lowest BCUT2D eigenvalue weighted by Gasteiger charge is -2.44. The van der Waals surface area contributed by atoms with Gasteiger partial charge in [-0.15, -0.1) is 6.58 Å². The first kappa shape index (κ1) is 21.0. The van der Waals surface area contributed by atoms with Crippen LogP contribution in [-0.2, 0) is 9.59 Å². The summed E-state index contributed by atoms with van der Waals surface area (Å²) in [6.07, 6.45) is 2.02. The van der Waals surface area contributed by atoms with Gasteiger partial charge in [0.05, 0.1) is 12.6 Å². The average molecular weight is 421 g/mol. The van der Waals surface area contributed by atoms with E-state index in [0.29, 0.717) is 32.0 Å². The highest BCUT2D eigenvalue weighted by Crippen LogP contribution is 2.41. The number of benzene rings is 2. The topological polar surface area (TPSA) is 59.1 Å². The van der Waals surface area contributed by atoms with Crippen molar-refractivity contribution in [2.45, 2.75) is 19.4 Å². The Labute approximate surface area is 183 Å². The third-order valence-corrected chi connectivity index (χ3v) is 5.87. The van der Waals surface area contributed by atoms with Crippen LogP contribution in [0.25, 0.3) is 0 Å². The molecule has 2 heterocycles. The molecule has 0 bridgehead atoms. The number of carbonyl (C=O) groups is 2. The molecule has 1 fully saturated rings. The van der Waals surface area contributed by atoms with E-state index in [2.05, 4.69) is 12.6 Å². The van der Waals surface area contributed by atoms with Gasteiger partial charge in [-0.1, -0.05) is 42.0 Å². The molecule has 6 nitrogen and oxygen atoms in total. The molecule has 2 aliphatic rings.